The molecule has 3 N–H and O–H groups in total. The molecule has 2 amide bonds. The largest absolute Gasteiger partial charge is 0.323 e. The maximum atomic E-state index is 12.6. The van der Waals surface area contributed by atoms with Crippen molar-refractivity contribution in [1.29, 1.82) is 0 Å². The number of hydrogen-bond donors (Lipinski definition) is 3. The monoisotopic (exact) mass is 465 g/mol. The molecule has 0 saturated heterocycles. The van der Waals surface area contributed by atoms with Crippen molar-refractivity contribution in [3.8, 4) is 0 Å². The lowest BCUT2D eigenvalue weighted by Crippen LogP contribution is -2.19. The predicted octanol–water partition coefficient (Wildman–Crippen LogP) is 4.85. The molecule has 2 aromatic carbocycles. The van der Waals surface area contributed by atoms with Gasteiger partial charge < -0.3 is 10.6 Å². The van der Waals surface area contributed by atoms with E-state index >= 15 is 0 Å². The fourth-order valence-corrected chi connectivity index (χ4v) is 3.87. The van der Waals surface area contributed by atoms with Gasteiger partial charge in [-0.05, 0) is 56.3 Å². The Kier molecular flexibility index (Phi) is 6.45. The van der Waals surface area contributed by atoms with Crippen LogP contribution in [-0.4, -0.2) is 24.4 Å². The number of aryl methyl sites for hydroxylation is 2. The van der Waals surface area contributed by atoms with Gasteiger partial charge in [-0.15, -0.1) is 0 Å². The van der Waals surface area contributed by atoms with Crippen molar-refractivity contribution in [3.63, 3.8) is 0 Å². The minimum absolute atomic E-state index is 0.0258. The lowest BCUT2D eigenvalue weighted by Gasteiger charge is -2.11. The molecule has 0 fully saturated rings. The van der Waals surface area contributed by atoms with Gasteiger partial charge in [0.2, 0.25) is 0 Å². The summed E-state index contributed by atoms with van der Waals surface area (Å²) in [7, 11) is -3.84. The first kappa shape index (κ1) is 21.8. The average Bonchev–Trinajstić information content (AvgIpc) is 2.67. The molecule has 0 aliphatic heterocycles. The van der Waals surface area contributed by atoms with Gasteiger partial charge in [-0.2, -0.15) is 0 Å². The molecule has 3 aromatic rings. The zero-order chi connectivity index (χ0) is 21.9. The SMILES string of the molecule is Cc1ncc(NS(=O)(=O)c2ccc(NC(=O)Nc3ccc(Cl)c(Cl)c3)cc2)c(C)n1. The molecular weight excluding hydrogens is 449 g/mol. The van der Waals surface area contributed by atoms with Gasteiger partial charge in [0.05, 0.1) is 32.5 Å². The van der Waals surface area contributed by atoms with Gasteiger partial charge in [0.15, 0.2) is 0 Å². The van der Waals surface area contributed by atoms with E-state index in [4.69, 9.17) is 23.2 Å². The van der Waals surface area contributed by atoms with Gasteiger partial charge in [-0.3, -0.25) is 4.72 Å². The molecule has 11 heteroatoms. The minimum atomic E-state index is -3.84. The van der Waals surface area contributed by atoms with Crippen molar-refractivity contribution in [2.45, 2.75) is 18.7 Å². The number of anilines is 3. The molecule has 0 saturated carbocycles. The van der Waals surface area contributed by atoms with Crippen molar-refractivity contribution in [1.82, 2.24) is 9.97 Å². The zero-order valence-corrected chi connectivity index (χ0v) is 18.2. The van der Waals surface area contributed by atoms with Crippen LogP contribution in [-0.2, 0) is 10.0 Å². The van der Waals surface area contributed by atoms with Gasteiger partial charge >= 0.3 is 6.03 Å². The van der Waals surface area contributed by atoms with Crippen molar-refractivity contribution in [2.24, 2.45) is 0 Å². The third-order valence-electron chi connectivity index (χ3n) is 3.94. The van der Waals surface area contributed by atoms with E-state index in [2.05, 4.69) is 25.3 Å². The number of nitrogens with zero attached hydrogens (tertiary/aromatic N) is 2. The van der Waals surface area contributed by atoms with Crippen LogP contribution in [0.25, 0.3) is 0 Å². The highest BCUT2D eigenvalue weighted by atomic mass is 35.5. The maximum absolute atomic E-state index is 12.6. The van der Waals surface area contributed by atoms with E-state index in [1.807, 2.05) is 0 Å². The molecule has 30 heavy (non-hydrogen) atoms. The molecule has 0 unspecified atom stereocenters. The maximum Gasteiger partial charge on any atom is 0.323 e. The van der Waals surface area contributed by atoms with E-state index in [0.29, 0.717) is 38.6 Å². The Morgan fingerprint density at radius 3 is 2.20 bits per heavy atom. The molecular formula is C19H17Cl2N5O3S. The molecule has 0 radical (unpaired) electrons. The van der Waals surface area contributed by atoms with E-state index in [-0.39, 0.29) is 4.90 Å². The summed E-state index contributed by atoms with van der Waals surface area (Å²) in [6, 6.07) is 9.86. The van der Waals surface area contributed by atoms with Crippen LogP contribution in [0.4, 0.5) is 21.9 Å². The van der Waals surface area contributed by atoms with Crippen molar-refractivity contribution in [2.75, 3.05) is 15.4 Å². The quantitative estimate of drug-likeness (QED) is 0.498. The number of benzene rings is 2. The van der Waals surface area contributed by atoms with Crippen LogP contribution in [0.2, 0.25) is 10.0 Å². The predicted molar refractivity (Wildman–Crippen MR) is 118 cm³/mol. The summed E-state index contributed by atoms with van der Waals surface area (Å²) in [5, 5.41) is 5.90. The average molecular weight is 466 g/mol. The van der Waals surface area contributed by atoms with Crippen molar-refractivity contribution in [3.05, 3.63) is 70.2 Å². The van der Waals surface area contributed by atoms with E-state index in [1.165, 1.54) is 36.5 Å². The molecule has 3 rings (SSSR count). The summed E-state index contributed by atoms with van der Waals surface area (Å²) in [4.78, 5) is 20.3. The number of halogens is 2. The number of nitrogens with one attached hydrogen (secondary N) is 3. The highest BCUT2D eigenvalue weighted by molar-refractivity contribution is 7.92. The molecule has 0 aliphatic rings. The fourth-order valence-electron chi connectivity index (χ4n) is 2.47. The summed E-state index contributed by atoms with van der Waals surface area (Å²) in [6.45, 7) is 3.40. The van der Waals surface area contributed by atoms with Gasteiger partial charge in [-0.25, -0.2) is 23.2 Å². The van der Waals surface area contributed by atoms with Crippen LogP contribution in [0.1, 0.15) is 11.5 Å². The first-order chi connectivity index (χ1) is 14.1. The molecule has 0 bridgehead atoms. The van der Waals surface area contributed by atoms with E-state index < -0.39 is 16.1 Å². The Bertz CT molecular complexity index is 1200. The summed E-state index contributed by atoms with van der Waals surface area (Å²) < 4.78 is 27.6. The topological polar surface area (TPSA) is 113 Å². The van der Waals surface area contributed by atoms with Gasteiger partial charge in [0, 0.05) is 11.4 Å². The standard InChI is InChI=1S/C19H17Cl2N5O3S/c1-11-18(10-22-12(2)23-11)26-30(28,29)15-6-3-13(4-7-15)24-19(27)25-14-5-8-16(20)17(21)9-14/h3-10,26H,1-2H3,(H2,24,25,27). The summed E-state index contributed by atoms with van der Waals surface area (Å²) in [6.07, 6.45) is 1.42. The number of carbonyl (C=O) groups is 1. The van der Waals surface area contributed by atoms with Crippen molar-refractivity contribution >= 4 is 56.3 Å². The zero-order valence-electron chi connectivity index (χ0n) is 15.9. The lowest BCUT2D eigenvalue weighted by molar-refractivity contribution is 0.262. The first-order valence-electron chi connectivity index (χ1n) is 8.60. The van der Waals surface area contributed by atoms with Crippen LogP contribution >= 0.6 is 23.2 Å². The highest BCUT2D eigenvalue weighted by Crippen LogP contribution is 2.25. The number of sulfonamides is 1. The van der Waals surface area contributed by atoms with E-state index in [1.54, 1.807) is 26.0 Å². The van der Waals surface area contributed by atoms with Crippen LogP contribution in [0.15, 0.2) is 53.6 Å². The van der Waals surface area contributed by atoms with Crippen LogP contribution < -0.4 is 15.4 Å². The minimum Gasteiger partial charge on any atom is -0.308 e. The number of carbonyl (C=O) groups excluding carboxylic acids is 1. The van der Waals surface area contributed by atoms with Gasteiger partial charge in [-0.1, -0.05) is 23.2 Å². The smallest absolute Gasteiger partial charge is 0.308 e. The van der Waals surface area contributed by atoms with Gasteiger partial charge in [0.25, 0.3) is 10.0 Å². The Labute approximate surface area is 183 Å². The molecule has 1 heterocycles. The molecule has 0 aliphatic carbocycles. The Hall–Kier alpha value is -2.88. The Balaban J connectivity index is 1.67. The second-order valence-corrected chi connectivity index (χ2v) is 8.75. The summed E-state index contributed by atoms with van der Waals surface area (Å²) >= 11 is 11.8. The lowest BCUT2D eigenvalue weighted by atomic mass is 10.3. The van der Waals surface area contributed by atoms with E-state index in [0.717, 1.165) is 0 Å². The summed E-state index contributed by atoms with van der Waals surface area (Å²) in [5.74, 6) is 0.546. The number of rotatable bonds is 5. The van der Waals surface area contributed by atoms with Crippen LogP contribution in [0.3, 0.4) is 0 Å². The number of aromatic nitrogens is 2. The molecule has 1 aromatic heterocycles. The van der Waals surface area contributed by atoms with Crippen molar-refractivity contribution < 1.29 is 13.2 Å². The molecule has 0 atom stereocenters. The highest BCUT2D eigenvalue weighted by Gasteiger charge is 2.16. The number of urea groups is 1. The number of amides is 2. The normalized spacial score (nSPS) is 11.1. The summed E-state index contributed by atoms with van der Waals surface area (Å²) in [5.41, 5.74) is 1.68. The van der Waals surface area contributed by atoms with Crippen LogP contribution in [0, 0.1) is 13.8 Å². The second-order valence-electron chi connectivity index (χ2n) is 6.25. The second kappa shape index (κ2) is 8.86. The van der Waals surface area contributed by atoms with E-state index in [9.17, 15) is 13.2 Å². The first-order valence-corrected chi connectivity index (χ1v) is 10.8. The third kappa shape index (κ3) is 5.38. The number of hydrogen-bond acceptors (Lipinski definition) is 5. The fraction of sp³-hybridized carbons (Fsp3) is 0.105. The van der Waals surface area contributed by atoms with Gasteiger partial charge in [0.1, 0.15) is 5.82 Å². The van der Waals surface area contributed by atoms with Crippen LogP contribution in [0.5, 0.6) is 0 Å². The molecule has 156 valence electrons. The third-order valence-corrected chi connectivity index (χ3v) is 6.06. The molecule has 0 spiro atoms. The molecule has 8 nitrogen and oxygen atoms in total. The Morgan fingerprint density at radius 1 is 0.933 bits per heavy atom. The Morgan fingerprint density at radius 2 is 1.57 bits per heavy atom.